The third-order valence-corrected chi connectivity index (χ3v) is 1.86. The zero-order chi connectivity index (χ0) is 9.84. The summed E-state index contributed by atoms with van der Waals surface area (Å²) in [5.41, 5.74) is 1.09. The lowest BCUT2D eigenvalue weighted by atomic mass is 10.2. The van der Waals surface area contributed by atoms with Crippen molar-refractivity contribution in [2.75, 3.05) is 6.61 Å². The summed E-state index contributed by atoms with van der Waals surface area (Å²) in [6, 6.07) is 5.56. The van der Waals surface area contributed by atoms with Gasteiger partial charge in [0, 0.05) is 0 Å². The van der Waals surface area contributed by atoms with E-state index in [1.165, 1.54) is 0 Å². The molecule has 72 valence electrons. The van der Waals surface area contributed by atoms with E-state index < -0.39 is 6.10 Å². The Morgan fingerprint density at radius 1 is 1.54 bits per heavy atom. The fraction of sp³-hybridized carbons (Fsp3) is 0.400. The molecule has 1 aromatic carbocycles. The van der Waals surface area contributed by atoms with Crippen molar-refractivity contribution in [2.24, 2.45) is 0 Å². The lowest BCUT2D eigenvalue weighted by molar-refractivity contribution is 0.123. The van der Waals surface area contributed by atoms with E-state index in [1.807, 2.05) is 19.1 Å². The lowest BCUT2D eigenvalue weighted by Gasteiger charge is -2.09. The summed E-state index contributed by atoms with van der Waals surface area (Å²) in [6.45, 7) is 3.90. The van der Waals surface area contributed by atoms with Crippen molar-refractivity contribution in [3.63, 3.8) is 0 Å². The summed E-state index contributed by atoms with van der Waals surface area (Å²) >= 11 is 5.91. The van der Waals surface area contributed by atoms with Gasteiger partial charge in [0.1, 0.15) is 12.4 Å². The van der Waals surface area contributed by atoms with Crippen molar-refractivity contribution in [2.45, 2.75) is 20.0 Å². The van der Waals surface area contributed by atoms with Crippen LogP contribution in [0.4, 0.5) is 0 Å². The second kappa shape index (κ2) is 4.49. The summed E-state index contributed by atoms with van der Waals surface area (Å²) in [5.74, 6) is 0.619. The second-order valence-corrected chi connectivity index (χ2v) is 3.50. The maximum absolute atomic E-state index is 8.99. The third kappa shape index (κ3) is 3.25. The highest BCUT2D eigenvalue weighted by molar-refractivity contribution is 6.32. The molecule has 0 aliphatic heterocycles. The number of halogens is 1. The van der Waals surface area contributed by atoms with E-state index in [4.69, 9.17) is 21.4 Å². The first kappa shape index (κ1) is 10.4. The summed E-state index contributed by atoms with van der Waals surface area (Å²) in [7, 11) is 0. The molecule has 0 spiro atoms. The predicted octanol–water partition coefficient (Wildman–Crippen LogP) is 2.41. The molecule has 0 saturated heterocycles. The molecule has 0 bridgehead atoms. The van der Waals surface area contributed by atoms with Gasteiger partial charge in [-0.05, 0) is 31.5 Å². The van der Waals surface area contributed by atoms with E-state index in [1.54, 1.807) is 13.0 Å². The number of ether oxygens (including phenoxy) is 1. The number of benzene rings is 1. The maximum Gasteiger partial charge on any atom is 0.138 e. The van der Waals surface area contributed by atoms with E-state index >= 15 is 0 Å². The first-order valence-corrected chi connectivity index (χ1v) is 4.54. The quantitative estimate of drug-likeness (QED) is 0.812. The molecule has 0 aliphatic rings. The number of rotatable bonds is 3. The van der Waals surface area contributed by atoms with Gasteiger partial charge >= 0.3 is 0 Å². The van der Waals surface area contributed by atoms with E-state index in [0.29, 0.717) is 10.8 Å². The average Bonchev–Trinajstić information content (AvgIpc) is 2.02. The summed E-state index contributed by atoms with van der Waals surface area (Å²) in [6.07, 6.45) is -0.475. The Morgan fingerprint density at radius 3 is 2.77 bits per heavy atom. The minimum atomic E-state index is -0.475. The Hall–Kier alpha value is -0.730. The molecule has 2 nitrogen and oxygen atoms in total. The molecule has 3 heteroatoms. The van der Waals surface area contributed by atoms with Crippen molar-refractivity contribution in [3.8, 4) is 5.75 Å². The van der Waals surface area contributed by atoms with Crippen molar-refractivity contribution >= 4 is 11.6 Å². The number of aliphatic hydroxyl groups is 1. The van der Waals surface area contributed by atoms with Crippen LogP contribution in [0.15, 0.2) is 18.2 Å². The standard InChI is InChI=1S/C10H13ClO2/c1-7-3-4-10(9(11)5-7)13-6-8(2)12/h3-5,8,12H,6H2,1-2H3. The van der Waals surface area contributed by atoms with Gasteiger partial charge in [0.05, 0.1) is 11.1 Å². The molecule has 0 amide bonds. The largest absolute Gasteiger partial charge is 0.489 e. The van der Waals surface area contributed by atoms with Crippen molar-refractivity contribution < 1.29 is 9.84 Å². The molecule has 1 atom stereocenters. The molecular weight excluding hydrogens is 188 g/mol. The highest BCUT2D eigenvalue weighted by Crippen LogP contribution is 2.25. The molecule has 0 fully saturated rings. The van der Waals surface area contributed by atoms with E-state index in [9.17, 15) is 0 Å². The molecule has 1 unspecified atom stereocenters. The Morgan fingerprint density at radius 2 is 2.23 bits per heavy atom. The molecule has 0 saturated carbocycles. The fourth-order valence-corrected chi connectivity index (χ4v) is 1.22. The van der Waals surface area contributed by atoms with Gasteiger partial charge in [0.15, 0.2) is 0 Å². The van der Waals surface area contributed by atoms with Crippen LogP contribution in [0.1, 0.15) is 12.5 Å². The number of aliphatic hydroxyl groups excluding tert-OH is 1. The summed E-state index contributed by atoms with van der Waals surface area (Å²) in [4.78, 5) is 0. The van der Waals surface area contributed by atoms with Gasteiger partial charge in [0.25, 0.3) is 0 Å². The van der Waals surface area contributed by atoms with Gasteiger partial charge in [-0.15, -0.1) is 0 Å². The number of hydrogen-bond acceptors (Lipinski definition) is 2. The minimum absolute atomic E-state index is 0.267. The van der Waals surface area contributed by atoms with Gasteiger partial charge in [-0.25, -0.2) is 0 Å². The Kier molecular flexibility index (Phi) is 3.58. The van der Waals surface area contributed by atoms with Crippen LogP contribution in [0.2, 0.25) is 5.02 Å². The van der Waals surface area contributed by atoms with E-state index in [2.05, 4.69) is 0 Å². The predicted molar refractivity (Wildman–Crippen MR) is 53.4 cm³/mol. The van der Waals surface area contributed by atoms with E-state index in [0.717, 1.165) is 5.56 Å². The Labute approximate surface area is 83.1 Å². The number of hydrogen-bond donors (Lipinski definition) is 1. The molecule has 0 heterocycles. The van der Waals surface area contributed by atoms with Gasteiger partial charge in [0.2, 0.25) is 0 Å². The van der Waals surface area contributed by atoms with Crippen LogP contribution in [0.25, 0.3) is 0 Å². The van der Waals surface area contributed by atoms with Crippen LogP contribution in [0, 0.1) is 6.92 Å². The van der Waals surface area contributed by atoms with Gasteiger partial charge < -0.3 is 9.84 Å². The van der Waals surface area contributed by atoms with Crippen molar-refractivity contribution in [1.82, 2.24) is 0 Å². The van der Waals surface area contributed by atoms with Crippen LogP contribution in [-0.4, -0.2) is 17.8 Å². The molecule has 0 aromatic heterocycles. The van der Waals surface area contributed by atoms with Gasteiger partial charge in [-0.1, -0.05) is 17.7 Å². The highest BCUT2D eigenvalue weighted by Gasteiger charge is 2.02. The smallest absolute Gasteiger partial charge is 0.138 e. The van der Waals surface area contributed by atoms with Gasteiger partial charge in [-0.2, -0.15) is 0 Å². The molecule has 0 radical (unpaired) electrons. The zero-order valence-electron chi connectivity index (χ0n) is 7.75. The average molecular weight is 201 g/mol. The normalized spacial score (nSPS) is 12.6. The van der Waals surface area contributed by atoms with Crippen LogP contribution >= 0.6 is 11.6 Å². The van der Waals surface area contributed by atoms with Crippen LogP contribution in [0.5, 0.6) is 5.75 Å². The molecule has 1 N–H and O–H groups in total. The number of aryl methyl sites for hydroxylation is 1. The molecule has 1 aromatic rings. The fourth-order valence-electron chi connectivity index (χ4n) is 0.933. The summed E-state index contributed by atoms with van der Waals surface area (Å²) < 4.78 is 5.27. The van der Waals surface area contributed by atoms with E-state index in [-0.39, 0.29) is 6.61 Å². The highest BCUT2D eigenvalue weighted by atomic mass is 35.5. The lowest BCUT2D eigenvalue weighted by Crippen LogP contribution is -2.12. The summed E-state index contributed by atoms with van der Waals surface area (Å²) in [5, 5.41) is 9.58. The minimum Gasteiger partial charge on any atom is -0.489 e. The Bertz CT molecular complexity index is 284. The maximum atomic E-state index is 8.99. The monoisotopic (exact) mass is 200 g/mol. The van der Waals surface area contributed by atoms with Crippen LogP contribution in [-0.2, 0) is 0 Å². The van der Waals surface area contributed by atoms with Crippen LogP contribution < -0.4 is 4.74 Å². The van der Waals surface area contributed by atoms with Gasteiger partial charge in [-0.3, -0.25) is 0 Å². The first-order chi connectivity index (χ1) is 6.09. The topological polar surface area (TPSA) is 29.5 Å². The van der Waals surface area contributed by atoms with Crippen molar-refractivity contribution in [1.29, 1.82) is 0 Å². The second-order valence-electron chi connectivity index (χ2n) is 3.09. The van der Waals surface area contributed by atoms with Crippen LogP contribution in [0.3, 0.4) is 0 Å². The first-order valence-electron chi connectivity index (χ1n) is 4.16. The Balaban J connectivity index is 2.67. The molecule has 0 aliphatic carbocycles. The molecular formula is C10H13ClO2. The SMILES string of the molecule is Cc1ccc(OCC(C)O)c(Cl)c1. The van der Waals surface area contributed by atoms with Crippen molar-refractivity contribution in [3.05, 3.63) is 28.8 Å². The molecule has 13 heavy (non-hydrogen) atoms. The molecule has 1 rings (SSSR count). The zero-order valence-corrected chi connectivity index (χ0v) is 8.51. The third-order valence-electron chi connectivity index (χ3n) is 1.57.